The second-order valence-corrected chi connectivity index (χ2v) is 7.25. The number of benzene rings is 1. The van der Waals surface area contributed by atoms with Crippen LogP contribution in [-0.4, -0.2) is 67.2 Å². The maximum Gasteiger partial charge on any atom is 0.308 e. The number of carbonyl (C=O) groups is 5. The highest BCUT2D eigenvalue weighted by Gasteiger charge is 2.53. The molecule has 1 aromatic carbocycles. The van der Waals surface area contributed by atoms with Gasteiger partial charge in [-0.2, -0.15) is 0 Å². The Morgan fingerprint density at radius 3 is 1.68 bits per heavy atom. The van der Waals surface area contributed by atoms with E-state index < -0.39 is 60.6 Å². The molecule has 12 heteroatoms. The highest BCUT2D eigenvalue weighted by molar-refractivity contribution is 5.69. The number of hydrogen-bond donors (Lipinski definition) is 0. The van der Waals surface area contributed by atoms with E-state index in [4.69, 9.17) is 33.2 Å². The van der Waals surface area contributed by atoms with Crippen LogP contribution in [-0.2, 0) is 47.7 Å². The Morgan fingerprint density at radius 1 is 0.676 bits per heavy atom. The number of carbonyl (C=O) groups excluding carboxylic acids is 5. The van der Waals surface area contributed by atoms with E-state index in [9.17, 15) is 24.0 Å². The Bertz CT molecular complexity index is 909. The zero-order chi connectivity index (χ0) is 25.4. The predicted octanol–water partition coefficient (Wildman–Crippen LogP) is 1.07. The minimum atomic E-state index is -1.36. The van der Waals surface area contributed by atoms with Crippen molar-refractivity contribution >= 4 is 29.8 Å². The summed E-state index contributed by atoms with van der Waals surface area (Å²) in [5.74, 6) is -2.89. The molecule has 12 nitrogen and oxygen atoms in total. The van der Waals surface area contributed by atoms with Crippen LogP contribution in [0.1, 0.15) is 34.6 Å². The summed E-state index contributed by atoms with van der Waals surface area (Å²) in [5.41, 5.74) is 0. The zero-order valence-electron chi connectivity index (χ0n) is 19.3. The van der Waals surface area contributed by atoms with Gasteiger partial charge in [-0.05, 0) is 24.3 Å². The van der Waals surface area contributed by atoms with Gasteiger partial charge in [0.15, 0.2) is 12.2 Å². The second-order valence-electron chi connectivity index (χ2n) is 7.25. The summed E-state index contributed by atoms with van der Waals surface area (Å²) in [6, 6.07) is 5.85. The monoisotopic (exact) mass is 482 g/mol. The minimum Gasteiger partial charge on any atom is -0.463 e. The summed E-state index contributed by atoms with van der Waals surface area (Å²) < 4.78 is 37.6. The van der Waals surface area contributed by atoms with Gasteiger partial charge in [-0.3, -0.25) is 24.0 Å². The second kappa shape index (κ2) is 12.0. The molecule has 5 atom stereocenters. The van der Waals surface area contributed by atoms with E-state index in [0.29, 0.717) is 0 Å². The third-order valence-corrected chi connectivity index (χ3v) is 4.29. The Hall–Kier alpha value is -3.67. The first-order chi connectivity index (χ1) is 16.0. The molecule has 1 heterocycles. The highest BCUT2D eigenvalue weighted by Crippen LogP contribution is 2.31. The van der Waals surface area contributed by atoms with Crippen molar-refractivity contribution < 1.29 is 57.1 Å². The van der Waals surface area contributed by atoms with Crippen molar-refractivity contribution in [1.82, 2.24) is 0 Å². The first kappa shape index (κ1) is 26.6. The molecule has 0 amide bonds. The van der Waals surface area contributed by atoms with Crippen LogP contribution in [0.3, 0.4) is 0 Å². The van der Waals surface area contributed by atoms with Crippen LogP contribution in [0.2, 0.25) is 0 Å². The third-order valence-electron chi connectivity index (χ3n) is 4.29. The summed E-state index contributed by atoms with van der Waals surface area (Å²) >= 11 is 0. The Balaban J connectivity index is 2.40. The molecule has 0 aromatic heterocycles. The highest BCUT2D eigenvalue weighted by atomic mass is 16.7. The summed E-state index contributed by atoms with van der Waals surface area (Å²) in [6.07, 6.45) is -6.47. The first-order valence-electron chi connectivity index (χ1n) is 10.2. The number of rotatable bonds is 8. The lowest BCUT2D eigenvalue weighted by atomic mass is 9.98. The van der Waals surface area contributed by atoms with Crippen molar-refractivity contribution in [2.24, 2.45) is 0 Å². The minimum absolute atomic E-state index is 0.219. The summed E-state index contributed by atoms with van der Waals surface area (Å²) in [4.78, 5) is 57.8. The largest absolute Gasteiger partial charge is 0.463 e. The van der Waals surface area contributed by atoms with Gasteiger partial charge in [-0.15, -0.1) is 0 Å². The molecule has 0 N–H and O–H groups in total. The lowest BCUT2D eigenvalue weighted by molar-refractivity contribution is -0.288. The van der Waals surface area contributed by atoms with Gasteiger partial charge in [0.25, 0.3) is 0 Å². The van der Waals surface area contributed by atoms with Crippen LogP contribution in [0.15, 0.2) is 24.3 Å². The lowest BCUT2D eigenvalue weighted by Crippen LogP contribution is -2.63. The SMILES string of the molecule is CC(=O)OC[C@H]1O[C@@H](Oc2ccc(OC(C)=O)cc2)[C@H](OC(C)=O)[C@@H](OC(C)=O)[C@H]1OC(C)=O. The van der Waals surface area contributed by atoms with Crippen molar-refractivity contribution in [3.05, 3.63) is 24.3 Å². The van der Waals surface area contributed by atoms with E-state index in [1.54, 1.807) is 0 Å². The van der Waals surface area contributed by atoms with Crippen LogP contribution in [0.25, 0.3) is 0 Å². The molecule has 1 saturated heterocycles. The van der Waals surface area contributed by atoms with Gasteiger partial charge in [0.05, 0.1) is 0 Å². The van der Waals surface area contributed by atoms with Crippen LogP contribution in [0.5, 0.6) is 11.5 Å². The van der Waals surface area contributed by atoms with Gasteiger partial charge in [0, 0.05) is 34.6 Å². The number of esters is 5. The molecule has 1 aliphatic heterocycles. The van der Waals surface area contributed by atoms with Gasteiger partial charge in [-0.1, -0.05) is 0 Å². The van der Waals surface area contributed by atoms with E-state index in [1.807, 2.05) is 0 Å². The molecule has 0 bridgehead atoms. The molecule has 1 fully saturated rings. The van der Waals surface area contributed by atoms with Crippen molar-refractivity contribution in [3.63, 3.8) is 0 Å². The molecule has 0 radical (unpaired) electrons. The van der Waals surface area contributed by atoms with E-state index in [0.717, 1.165) is 20.8 Å². The van der Waals surface area contributed by atoms with Crippen molar-refractivity contribution in [3.8, 4) is 11.5 Å². The molecule has 1 aliphatic rings. The maximum atomic E-state index is 11.8. The van der Waals surface area contributed by atoms with Crippen LogP contribution < -0.4 is 9.47 Å². The first-order valence-corrected chi connectivity index (χ1v) is 10.2. The molecule has 34 heavy (non-hydrogen) atoms. The van der Waals surface area contributed by atoms with Crippen molar-refractivity contribution in [2.45, 2.75) is 65.3 Å². The molecule has 0 aliphatic carbocycles. The molecule has 0 saturated carbocycles. The maximum absolute atomic E-state index is 11.8. The van der Waals surface area contributed by atoms with Gasteiger partial charge in [-0.25, -0.2) is 0 Å². The topological polar surface area (TPSA) is 150 Å². The molecule has 0 spiro atoms. The van der Waals surface area contributed by atoms with E-state index in [2.05, 4.69) is 0 Å². The fourth-order valence-corrected chi connectivity index (χ4v) is 3.17. The quantitative estimate of drug-likeness (QED) is 0.296. The average molecular weight is 482 g/mol. The summed E-state index contributed by atoms with van der Waals surface area (Å²) in [6.45, 7) is 5.43. The Morgan fingerprint density at radius 2 is 1.18 bits per heavy atom. The molecule has 2 rings (SSSR count). The molecular formula is C22H26O12. The molecule has 1 aromatic rings. The zero-order valence-corrected chi connectivity index (χ0v) is 19.3. The molecule has 0 unspecified atom stereocenters. The Kier molecular flexibility index (Phi) is 9.36. The third kappa shape index (κ3) is 8.03. The van der Waals surface area contributed by atoms with Gasteiger partial charge < -0.3 is 33.2 Å². The van der Waals surface area contributed by atoms with Gasteiger partial charge in [0.2, 0.25) is 12.4 Å². The fraction of sp³-hybridized carbons (Fsp3) is 0.500. The summed E-state index contributed by atoms with van der Waals surface area (Å²) in [5, 5.41) is 0. The van der Waals surface area contributed by atoms with Gasteiger partial charge in [0.1, 0.15) is 24.2 Å². The molecular weight excluding hydrogens is 456 g/mol. The fourth-order valence-electron chi connectivity index (χ4n) is 3.17. The molecule has 186 valence electrons. The van der Waals surface area contributed by atoms with Crippen LogP contribution in [0, 0.1) is 0 Å². The Labute approximate surface area is 195 Å². The smallest absolute Gasteiger partial charge is 0.308 e. The van der Waals surface area contributed by atoms with Crippen molar-refractivity contribution in [2.75, 3.05) is 6.61 Å². The van der Waals surface area contributed by atoms with E-state index >= 15 is 0 Å². The number of ether oxygens (including phenoxy) is 7. The number of hydrogen-bond acceptors (Lipinski definition) is 12. The van der Waals surface area contributed by atoms with Gasteiger partial charge >= 0.3 is 29.8 Å². The standard InChI is InChI=1S/C22H26O12/c1-11(23)28-10-18-19(30-13(3)25)20(31-14(4)26)21(32-15(5)27)22(34-18)33-17-8-6-16(7-9-17)29-12(2)24/h6-9,18-22H,10H2,1-5H3/t18-,19+,20+,21-,22-/m1/s1. The average Bonchev–Trinajstić information content (AvgIpc) is 2.71. The predicted molar refractivity (Wildman–Crippen MR) is 110 cm³/mol. The van der Waals surface area contributed by atoms with Crippen molar-refractivity contribution in [1.29, 1.82) is 0 Å². The normalized spacial score (nSPS) is 23.7. The van der Waals surface area contributed by atoms with E-state index in [-0.39, 0.29) is 18.1 Å². The van der Waals surface area contributed by atoms with E-state index in [1.165, 1.54) is 38.1 Å². The summed E-state index contributed by atoms with van der Waals surface area (Å²) in [7, 11) is 0. The lowest BCUT2D eigenvalue weighted by Gasteiger charge is -2.43. The van der Waals surface area contributed by atoms with Crippen LogP contribution in [0.4, 0.5) is 0 Å². The van der Waals surface area contributed by atoms with Crippen LogP contribution >= 0.6 is 0 Å².